The lowest BCUT2D eigenvalue weighted by atomic mass is 10.1. The second-order valence-electron chi connectivity index (χ2n) is 7.67. The number of fused-ring (bicyclic) bond motifs is 1. The first-order valence-corrected chi connectivity index (χ1v) is 12.1. The topological polar surface area (TPSA) is 90.6 Å². The number of nitrogens with zero attached hydrogens (tertiary/aromatic N) is 4. The van der Waals surface area contributed by atoms with Gasteiger partial charge in [0.2, 0.25) is 5.91 Å². The number of rotatable bonds is 10. The summed E-state index contributed by atoms with van der Waals surface area (Å²) in [6, 6.07) is 17.2. The normalized spacial score (nSPS) is 10.9. The molecule has 0 aliphatic rings. The van der Waals surface area contributed by atoms with Crippen LogP contribution in [0.5, 0.6) is 11.5 Å². The molecule has 2 heterocycles. The number of nitrogens with one attached hydrogen (secondary N) is 1. The molecule has 0 aliphatic heterocycles. The number of carbonyl (C=O) groups is 1. The van der Waals surface area contributed by atoms with Crippen molar-refractivity contribution < 1.29 is 14.3 Å². The molecule has 1 amide bonds. The third kappa shape index (κ3) is 5.48. The number of hydrogen-bond donors (Lipinski definition) is 1. The van der Waals surface area contributed by atoms with Gasteiger partial charge in [0.1, 0.15) is 5.03 Å². The van der Waals surface area contributed by atoms with Crippen LogP contribution in [-0.2, 0) is 11.2 Å². The largest absolute Gasteiger partial charge is 0.493 e. The smallest absolute Gasteiger partial charge is 0.234 e. The maximum Gasteiger partial charge on any atom is 0.234 e. The van der Waals surface area contributed by atoms with E-state index < -0.39 is 0 Å². The molecule has 0 unspecified atom stereocenters. The van der Waals surface area contributed by atoms with Gasteiger partial charge in [-0.2, -0.15) is 9.61 Å². The molecule has 2 aromatic carbocycles. The number of aromatic nitrogens is 4. The SMILES string of the molecule is CCCCc1ccc(NC(=O)CSc2ccc3nnc(-c4ccc(OC)c(OC)c4)n3n2)cc1. The van der Waals surface area contributed by atoms with E-state index in [2.05, 4.69) is 39.7 Å². The number of unbranched alkanes of at least 4 members (excludes halogenated alkanes) is 1. The van der Waals surface area contributed by atoms with Gasteiger partial charge in [-0.3, -0.25) is 4.79 Å². The molecule has 34 heavy (non-hydrogen) atoms. The van der Waals surface area contributed by atoms with Gasteiger partial charge < -0.3 is 14.8 Å². The highest BCUT2D eigenvalue weighted by molar-refractivity contribution is 7.99. The Balaban J connectivity index is 1.43. The second-order valence-corrected chi connectivity index (χ2v) is 8.67. The van der Waals surface area contributed by atoms with E-state index in [-0.39, 0.29) is 11.7 Å². The average Bonchev–Trinajstić information content (AvgIpc) is 3.30. The van der Waals surface area contributed by atoms with Crippen LogP contribution in [0.25, 0.3) is 17.0 Å². The van der Waals surface area contributed by atoms with Crippen molar-refractivity contribution >= 4 is 29.0 Å². The average molecular weight is 478 g/mol. The molecule has 0 fully saturated rings. The van der Waals surface area contributed by atoms with Crippen molar-refractivity contribution in [3.05, 3.63) is 60.2 Å². The second kappa shape index (κ2) is 11.0. The molecule has 176 valence electrons. The Kier molecular flexibility index (Phi) is 7.64. The monoisotopic (exact) mass is 477 g/mol. The van der Waals surface area contributed by atoms with Crippen LogP contribution in [-0.4, -0.2) is 45.7 Å². The van der Waals surface area contributed by atoms with Gasteiger partial charge in [0, 0.05) is 11.3 Å². The summed E-state index contributed by atoms with van der Waals surface area (Å²) in [7, 11) is 3.18. The first kappa shape index (κ1) is 23.6. The zero-order valence-corrected chi connectivity index (χ0v) is 20.3. The maximum atomic E-state index is 12.5. The van der Waals surface area contributed by atoms with Crippen LogP contribution in [0.4, 0.5) is 5.69 Å². The van der Waals surface area contributed by atoms with E-state index in [0.717, 1.165) is 17.7 Å². The Hall–Kier alpha value is -3.59. The fraction of sp³-hybridized carbons (Fsp3) is 0.280. The van der Waals surface area contributed by atoms with Crippen molar-refractivity contribution in [3.8, 4) is 22.9 Å². The molecule has 0 spiro atoms. The first-order valence-electron chi connectivity index (χ1n) is 11.1. The Morgan fingerprint density at radius 3 is 2.53 bits per heavy atom. The molecule has 0 bridgehead atoms. The van der Waals surface area contributed by atoms with Gasteiger partial charge in [0.05, 0.1) is 20.0 Å². The lowest BCUT2D eigenvalue weighted by Gasteiger charge is -2.09. The van der Waals surface area contributed by atoms with Gasteiger partial charge in [0.25, 0.3) is 0 Å². The van der Waals surface area contributed by atoms with Crippen molar-refractivity contribution in [3.63, 3.8) is 0 Å². The summed E-state index contributed by atoms with van der Waals surface area (Å²) >= 11 is 1.35. The van der Waals surface area contributed by atoms with E-state index >= 15 is 0 Å². The van der Waals surface area contributed by atoms with E-state index in [9.17, 15) is 4.79 Å². The number of ether oxygens (including phenoxy) is 2. The Morgan fingerprint density at radius 1 is 1.00 bits per heavy atom. The predicted octanol–water partition coefficient (Wildman–Crippen LogP) is 4.88. The maximum absolute atomic E-state index is 12.5. The first-order chi connectivity index (χ1) is 16.6. The number of aryl methyl sites for hydroxylation is 1. The Bertz CT molecular complexity index is 1270. The molecular weight excluding hydrogens is 450 g/mol. The minimum Gasteiger partial charge on any atom is -0.493 e. The van der Waals surface area contributed by atoms with Gasteiger partial charge in [0.15, 0.2) is 23.0 Å². The minimum atomic E-state index is -0.0860. The Morgan fingerprint density at radius 2 is 1.79 bits per heavy atom. The fourth-order valence-corrected chi connectivity index (χ4v) is 4.13. The Labute approximate surface area is 202 Å². The third-order valence-corrected chi connectivity index (χ3v) is 6.21. The number of methoxy groups -OCH3 is 2. The number of carbonyl (C=O) groups excluding carboxylic acids is 1. The van der Waals surface area contributed by atoms with Crippen LogP contribution in [0.15, 0.2) is 59.6 Å². The van der Waals surface area contributed by atoms with Crippen LogP contribution in [0.3, 0.4) is 0 Å². The molecule has 0 atom stereocenters. The van der Waals surface area contributed by atoms with E-state index in [1.54, 1.807) is 18.7 Å². The zero-order valence-electron chi connectivity index (χ0n) is 19.4. The summed E-state index contributed by atoms with van der Waals surface area (Å²) in [5.41, 5.74) is 3.48. The molecular formula is C25H27N5O3S. The summed E-state index contributed by atoms with van der Waals surface area (Å²) in [4.78, 5) is 12.5. The predicted molar refractivity (Wildman–Crippen MR) is 134 cm³/mol. The van der Waals surface area contributed by atoms with Crippen LogP contribution < -0.4 is 14.8 Å². The van der Waals surface area contributed by atoms with Crippen molar-refractivity contribution in [1.29, 1.82) is 0 Å². The highest BCUT2D eigenvalue weighted by Gasteiger charge is 2.14. The molecule has 4 aromatic rings. The number of hydrogen-bond acceptors (Lipinski definition) is 7. The summed E-state index contributed by atoms with van der Waals surface area (Å²) in [5.74, 6) is 1.95. The van der Waals surface area contributed by atoms with Crippen LogP contribution >= 0.6 is 11.8 Å². The van der Waals surface area contributed by atoms with Crippen molar-refractivity contribution in [2.75, 3.05) is 25.3 Å². The molecule has 1 N–H and O–H groups in total. The highest BCUT2D eigenvalue weighted by Crippen LogP contribution is 2.31. The highest BCUT2D eigenvalue weighted by atomic mass is 32.2. The number of amides is 1. The molecule has 0 saturated heterocycles. The molecule has 0 aliphatic carbocycles. The quantitative estimate of drug-likeness (QED) is 0.326. The van der Waals surface area contributed by atoms with Gasteiger partial charge in [-0.15, -0.1) is 10.2 Å². The van der Waals surface area contributed by atoms with E-state index in [4.69, 9.17) is 9.47 Å². The standard InChI is InChI=1S/C25H27N5O3S/c1-4-5-6-17-7-10-19(11-8-17)26-23(31)16-34-24-14-13-22-27-28-25(30(22)29-24)18-9-12-20(32-2)21(15-18)33-3/h7-15H,4-6,16H2,1-3H3,(H,26,31). The number of thioether (sulfide) groups is 1. The van der Waals surface area contributed by atoms with E-state index in [0.29, 0.717) is 28.0 Å². The van der Waals surface area contributed by atoms with Gasteiger partial charge in [-0.25, -0.2) is 0 Å². The summed E-state index contributed by atoms with van der Waals surface area (Å²) < 4.78 is 12.4. The van der Waals surface area contributed by atoms with Crippen LogP contribution in [0, 0.1) is 0 Å². The molecule has 0 saturated carbocycles. The van der Waals surface area contributed by atoms with Gasteiger partial charge in [-0.1, -0.05) is 37.2 Å². The minimum absolute atomic E-state index is 0.0860. The summed E-state index contributed by atoms with van der Waals surface area (Å²) in [6.45, 7) is 2.18. The lowest BCUT2D eigenvalue weighted by Crippen LogP contribution is -2.14. The number of anilines is 1. The van der Waals surface area contributed by atoms with Gasteiger partial charge >= 0.3 is 0 Å². The van der Waals surface area contributed by atoms with Crippen LogP contribution in [0.1, 0.15) is 25.3 Å². The molecule has 4 rings (SSSR count). The molecule has 0 radical (unpaired) electrons. The van der Waals surface area contributed by atoms with Crippen molar-refractivity contribution in [1.82, 2.24) is 19.8 Å². The third-order valence-electron chi connectivity index (χ3n) is 5.29. The lowest BCUT2D eigenvalue weighted by molar-refractivity contribution is -0.113. The molecule has 9 heteroatoms. The van der Waals surface area contributed by atoms with E-state index in [1.807, 2.05) is 42.5 Å². The number of benzene rings is 2. The van der Waals surface area contributed by atoms with Crippen LogP contribution in [0.2, 0.25) is 0 Å². The summed E-state index contributed by atoms with van der Waals surface area (Å²) in [6.07, 6.45) is 3.39. The zero-order chi connectivity index (χ0) is 23.9. The van der Waals surface area contributed by atoms with Crippen molar-refractivity contribution in [2.24, 2.45) is 0 Å². The van der Waals surface area contributed by atoms with Gasteiger partial charge in [-0.05, 0) is 60.9 Å². The van der Waals surface area contributed by atoms with Crippen molar-refractivity contribution in [2.45, 2.75) is 31.2 Å². The van der Waals surface area contributed by atoms with E-state index in [1.165, 1.54) is 30.2 Å². The summed E-state index contributed by atoms with van der Waals surface area (Å²) in [5, 5.41) is 16.7. The molecule has 2 aromatic heterocycles. The molecule has 8 nitrogen and oxygen atoms in total. The fourth-order valence-electron chi connectivity index (χ4n) is 3.48.